The third-order valence-electron chi connectivity index (χ3n) is 2.40. The first-order valence-corrected chi connectivity index (χ1v) is 6.12. The highest BCUT2D eigenvalue weighted by Gasteiger charge is 2.08. The van der Waals surface area contributed by atoms with Crippen LogP contribution in [0.25, 0.3) is 0 Å². The molecule has 0 aliphatic carbocycles. The second-order valence-electron chi connectivity index (χ2n) is 4.00. The predicted molar refractivity (Wildman–Crippen MR) is 70.0 cm³/mol. The fraction of sp³-hybridized carbons (Fsp3) is 0.250. The summed E-state index contributed by atoms with van der Waals surface area (Å²) in [4.78, 5) is 4.17. The average molecular weight is 298 g/mol. The number of hydrogen-bond acceptors (Lipinski definition) is 2. The number of halogens is 2. The van der Waals surface area contributed by atoms with Gasteiger partial charge in [0.2, 0.25) is 5.95 Å². The van der Waals surface area contributed by atoms with Crippen molar-refractivity contribution in [1.29, 1.82) is 0 Å². The van der Waals surface area contributed by atoms with E-state index < -0.39 is 0 Å². The Morgan fingerprint density at radius 2 is 2.18 bits per heavy atom. The van der Waals surface area contributed by atoms with E-state index in [2.05, 4.69) is 26.2 Å². The summed E-state index contributed by atoms with van der Waals surface area (Å²) in [7, 11) is 0. The first kappa shape index (κ1) is 12.1. The maximum atomic E-state index is 13.6. The van der Waals surface area contributed by atoms with E-state index >= 15 is 0 Å². The van der Waals surface area contributed by atoms with Gasteiger partial charge in [-0.05, 0) is 32.0 Å². The molecule has 1 aromatic heterocycles. The Labute approximate surface area is 108 Å². The summed E-state index contributed by atoms with van der Waals surface area (Å²) >= 11 is 3.22. The first-order chi connectivity index (χ1) is 8.08. The second kappa shape index (κ2) is 4.87. The van der Waals surface area contributed by atoms with E-state index in [1.165, 1.54) is 6.07 Å². The van der Waals surface area contributed by atoms with Crippen LogP contribution >= 0.6 is 15.9 Å². The Morgan fingerprint density at radius 3 is 2.82 bits per heavy atom. The summed E-state index contributed by atoms with van der Waals surface area (Å²) in [5.74, 6) is 0.332. The monoisotopic (exact) mass is 297 g/mol. The lowest BCUT2D eigenvalue weighted by Crippen LogP contribution is -2.06. The van der Waals surface area contributed by atoms with Crippen molar-refractivity contribution in [3.05, 3.63) is 40.9 Å². The molecule has 5 heteroatoms. The fourth-order valence-electron chi connectivity index (χ4n) is 1.54. The number of hydrogen-bond donors (Lipinski definition) is 1. The molecule has 0 bridgehead atoms. The van der Waals surface area contributed by atoms with Crippen LogP contribution in [0.4, 0.5) is 16.0 Å². The minimum absolute atomic E-state index is 0.276. The van der Waals surface area contributed by atoms with Crippen LogP contribution in [0.5, 0.6) is 0 Å². The number of nitrogens with zero attached hydrogens (tertiary/aromatic N) is 2. The molecule has 90 valence electrons. The summed E-state index contributed by atoms with van der Waals surface area (Å²) in [6.07, 6.45) is 3.56. The van der Waals surface area contributed by atoms with Crippen LogP contribution in [0.2, 0.25) is 0 Å². The average Bonchev–Trinajstić information content (AvgIpc) is 2.70. The molecule has 0 saturated heterocycles. The molecular formula is C12H13BrFN3. The summed E-state index contributed by atoms with van der Waals surface area (Å²) in [5.41, 5.74) is 0.418. The summed E-state index contributed by atoms with van der Waals surface area (Å²) in [6, 6.07) is 5.16. The van der Waals surface area contributed by atoms with Crippen molar-refractivity contribution in [2.75, 3.05) is 5.32 Å². The molecule has 0 aliphatic heterocycles. The van der Waals surface area contributed by atoms with Crippen LogP contribution < -0.4 is 5.32 Å². The third-order valence-corrected chi connectivity index (χ3v) is 2.90. The molecule has 0 atom stereocenters. The minimum atomic E-state index is -0.308. The molecule has 2 rings (SSSR count). The maximum Gasteiger partial charge on any atom is 0.207 e. The van der Waals surface area contributed by atoms with Gasteiger partial charge in [0.15, 0.2) is 0 Å². The Hall–Kier alpha value is -1.36. The van der Waals surface area contributed by atoms with Gasteiger partial charge in [-0.3, -0.25) is 0 Å². The summed E-state index contributed by atoms with van der Waals surface area (Å²) < 4.78 is 16.3. The highest BCUT2D eigenvalue weighted by molar-refractivity contribution is 9.10. The van der Waals surface area contributed by atoms with E-state index in [1.807, 2.05) is 24.6 Å². The third kappa shape index (κ3) is 2.66. The molecule has 2 aromatic rings. The molecule has 0 fully saturated rings. The van der Waals surface area contributed by atoms with Crippen molar-refractivity contribution in [3.63, 3.8) is 0 Å². The Balaban J connectivity index is 2.28. The number of imidazole rings is 1. The van der Waals surface area contributed by atoms with Crippen molar-refractivity contribution in [2.24, 2.45) is 0 Å². The number of anilines is 2. The molecule has 0 unspecified atom stereocenters. The van der Waals surface area contributed by atoms with E-state index in [0.29, 0.717) is 16.1 Å². The topological polar surface area (TPSA) is 29.9 Å². The molecule has 0 amide bonds. The Morgan fingerprint density at radius 1 is 1.41 bits per heavy atom. The van der Waals surface area contributed by atoms with E-state index in [1.54, 1.807) is 18.3 Å². The fourth-order valence-corrected chi connectivity index (χ4v) is 1.87. The van der Waals surface area contributed by atoms with Crippen molar-refractivity contribution in [2.45, 2.75) is 19.9 Å². The highest BCUT2D eigenvalue weighted by Crippen LogP contribution is 2.23. The smallest absolute Gasteiger partial charge is 0.207 e. The van der Waals surface area contributed by atoms with Crippen LogP contribution in [0.15, 0.2) is 35.1 Å². The maximum absolute atomic E-state index is 13.6. The van der Waals surface area contributed by atoms with Gasteiger partial charge in [-0.15, -0.1) is 0 Å². The number of rotatable bonds is 3. The number of benzene rings is 1. The lowest BCUT2D eigenvalue weighted by Gasteiger charge is -2.13. The van der Waals surface area contributed by atoms with Crippen LogP contribution in [0.1, 0.15) is 19.9 Å². The predicted octanol–water partition coefficient (Wildman–Crippen LogP) is 4.11. The lowest BCUT2D eigenvalue weighted by molar-refractivity contribution is 0.604. The summed E-state index contributed by atoms with van der Waals surface area (Å²) in [5, 5.41) is 2.99. The Kier molecular flexibility index (Phi) is 3.47. The van der Waals surface area contributed by atoms with Crippen molar-refractivity contribution < 1.29 is 4.39 Å². The zero-order valence-corrected chi connectivity index (χ0v) is 11.2. The standard InChI is InChI=1S/C12H13BrFN3/c1-8(2)17-6-5-15-12(17)16-11-4-3-9(13)7-10(11)14/h3-8H,1-2H3,(H,15,16). The molecule has 17 heavy (non-hydrogen) atoms. The van der Waals surface area contributed by atoms with Crippen molar-refractivity contribution in [1.82, 2.24) is 9.55 Å². The zero-order chi connectivity index (χ0) is 12.4. The molecule has 1 aromatic carbocycles. The van der Waals surface area contributed by atoms with Crippen molar-refractivity contribution in [3.8, 4) is 0 Å². The minimum Gasteiger partial charge on any atom is -0.323 e. The Bertz CT molecular complexity index is 522. The van der Waals surface area contributed by atoms with Gasteiger partial charge < -0.3 is 9.88 Å². The quantitative estimate of drug-likeness (QED) is 0.924. The van der Waals surface area contributed by atoms with Gasteiger partial charge >= 0.3 is 0 Å². The molecule has 0 radical (unpaired) electrons. The van der Waals surface area contributed by atoms with E-state index in [0.717, 1.165) is 0 Å². The van der Waals surface area contributed by atoms with Crippen LogP contribution in [-0.2, 0) is 0 Å². The van der Waals surface area contributed by atoms with Gasteiger partial charge in [-0.2, -0.15) is 0 Å². The molecule has 3 nitrogen and oxygen atoms in total. The zero-order valence-electron chi connectivity index (χ0n) is 9.61. The van der Waals surface area contributed by atoms with Crippen molar-refractivity contribution >= 4 is 27.6 Å². The second-order valence-corrected chi connectivity index (χ2v) is 4.92. The first-order valence-electron chi connectivity index (χ1n) is 5.33. The van der Waals surface area contributed by atoms with Gasteiger partial charge in [0, 0.05) is 22.9 Å². The highest BCUT2D eigenvalue weighted by atomic mass is 79.9. The lowest BCUT2D eigenvalue weighted by atomic mass is 10.3. The summed E-state index contributed by atoms with van der Waals surface area (Å²) in [6.45, 7) is 4.09. The number of nitrogens with one attached hydrogen (secondary N) is 1. The normalized spacial score (nSPS) is 10.9. The van der Waals surface area contributed by atoms with Crippen LogP contribution in [0, 0.1) is 5.82 Å². The van der Waals surface area contributed by atoms with Gasteiger partial charge in [-0.25, -0.2) is 9.37 Å². The largest absolute Gasteiger partial charge is 0.323 e. The van der Waals surface area contributed by atoms with E-state index in [-0.39, 0.29) is 11.9 Å². The van der Waals surface area contributed by atoms with Gasteiger partial charge in [0.1, 0.15) is 5.82 Å². The van der Waals surface area contributed by atoms with Crippen LogP contribution in [-0.4, -0.2) is 9.55 Å². The molecule has 0 saturated carbocycles. The number of aromatic nitrogens is 2. The van der Waals surface area contributed by atoms with E-state index in [9.17, 15) is 4.39 Å². The molecule has 1 heterocycles. The molecular weight excluding hydrogens is 285 g/mol. The SMILES string of the molecule is CC(C)n1ccnc1Nc1ccc(Br)cc1F. The molecule has 0 aliphatic rings. The molecule has 1 N–H and O–H groups in total. The van der Waals surface area contributed by atoms with E-state index in [4.69, 9.17) is 0 Å². The van der Waals surface area contributed by atoms with Gasteiger partial charge in [0.25, 0.3) is 0 Å². The van der Waals surface area contributed by atoms with Gasteiger partial charge in [0.05, 0.1) is 5.69 Å². The van der Waals surface area contributed by atoms with Gasteiger partial charge in [-0.1, -0.05) is 15.9 Å². The molecule has 0 spiro atoms. The van der Waals surface area contributed by atoms with Crippen LogP contribution in [0.3, 0.4) is 0 Å².